The maximum atomic E-state index is 6.04. The third-order valence-corrected chi connectivity index (χ3v) is 5.95. The number of hydrogen-bond acceptors (Lipinski definition) is 4. The summed E-state index contributed by atoms with van der Waals surface area (Å²) in [6.07, 6.45) is 6.69. The van der Waals surface area contributed by atoms with E-state index in [2.05, 4.69) is 64.7 Å². The third kappa shape index (κ3) is 7.25. The van der Waals surface area contributed by atoms with Crippen LogP contribution in [0.15, 0.2) is 47.6 Å². The first kappa shape index (κ1) is 24.6. The Morgan fingerprint density at radius 1 is 1.12 bits per heavy atom. The predicted octanol–water partition coefficient (Wildman–Crippen LogP) is 4.52. The Balaban J connectivity index is 0.00000289. The second-order valence-electron chi connectivity index (χ2n) is 8.66. The van der Waals surface area contributed by atoms with Gasteiger partial charge in [-0.3, -0.25) is 0 Å². The number of para-hydroxylation sites is 1. The van der Waals surface area contributed by atoms with E-state index in [9.17, 15) is 0 Å². The number of rotatable bonds is 8. The Morgan fingerprint density at radius 2 is 1.91 bits per heavy atom. The van der Waals surface area contributed by atoms with Gasteiger partial charge in [-0.2, -0.15) is 0 Å². The molecule has 2 aromatic rings. The summed E-state index contributed by atoms with van der Waals surface area (Å²) in [5.74, 6) is 3.67. The lowest BCUT2D eigenvalue weighted by Gasteiger charge is -2.33. The molecule has 0 atom stereocenters. The first-order valence-corrected chi connectivity index (χ1v) is 11.6. The van der Waals surface area contributed by atoms with Crippen molar-refractivity contribution in [3.63, 3.8) is 0 Å². The highest BCUT2D eigenvalue weighted by Gasteiger charge is 2.23. The van der Waals surface area contributed by atoms with Crippen molar-refractivity contribution < 1.29 is 4.74 Å². The number of nitrogens with one attached hydrogen (secondary N) is 2. The molecule has 174 valence electrons. The minimum Gasteiger partial charge on any atom is -0.493 e. The van der Waals surface area contributed by atoms with Crippen molar-refractivity contribution in [3.05, 3.63) is 53.7 Å². The Morgan fingerprint density at radius 3 is 2.59 bits per heavy atom. The van der Waals surface area contributed by atoms with E-state index in [0.717, 1.165) is 68.1 Å². The lowest BCUT2D eigenvalue weighted by Crippen LogP contribution is -2.48. The molecule has 2 N–H and O–H groups in total. The molecule has 32 heavy (non-hydrogen) atoms. The van der Waals surface area contributed by atoms with Crippen LogP contribution in [0.25, 0.3) is 0 Å². The van der Waals surface area contributed by atoms with Gasteiger partial charge in [0.25, 0.3) is 0 Å². The van der Waals surface area contributed by atoms with E-state index in [1.807, 2.05) is 12.3 Å². The quantitative estimate of drug-likeness (QED) is 0.288. The maximum absolute atomic E-state index is 6.04. The topological polar surface area (TPSA) is 61.8 Å². The van der Waals surface area contributed by atoms with Gasteiger partial charge in [-0.05, 0) is 63.1 Å². The van der Waals surface area contributed by atoms with Crippen molar-refractivity contribution in [2.24, 2.45) is 10.9 Å². The number of ether oxygens (including phenoxy) is 1. The van der Waals surface area contributed by atoms with Crippen molar-refractivity contribution >= 4 is 35.8 Å². The number of pyridine rings is 1. The van der Waals surface area contributed by atoms with E-state index >= 15 is 0 Å². The smallest absolute Gasteiger partial charge is 0.191 e. The zero-order valence-corrected chi connectivity index (χ0v) is 21.5. The average Bonchev–Trinajstić information content (AvgIpc) is 3.62. The molecule has 1 aliphatic carbocycles. The Kier molecular flexibility index (Phi) is 9.44. The number of guanidine groups is 1. The van der Waals surface area contributed by atoms with Crippen LogP contribution >= 0.6 is 24.0 Å². The van der Waals surface area contributed by atoms with Crippen molar-refractivity contribution in [3.8, 4) is 5.75 Å². The monoisotopic (exact) mass is 549 g/mol. The molecule has 0 bridgehead atoms. The van der Waals surface area contributed by atoms with Gasteiger partial charge in [0.05, 0.1) is 13.2 Å². The van der Waals surface area contributed by atoms with E-state index in [1.165, 1.54) is 18.4 Å². The maximum Gasteiger partial charge on any atom is 0.191 e. The Hall–Kier alpha value is -2.03. The summed E-state index contributed by atoms with van der Waals surface area (Å²) in [6.45, 7) is 8.48. The highest BCUT2D eigenvalue weighted by molar-refractivity contribution is 14.0. The number of hydrogen-bond donors (Lipinski definition) is 2. The second-order valence-corrected chi connectivity index (χ2v) is 8.66. The molecule has 2 heterocycles. The van der Waals surface area contributed by atoms with Gasteiger partial charge in [-0.1, -0.05) is 24.3 Å². The number of aromatic nitrogens is 1. The van der Waals surface area contributed by atoms with Gasteiger partial charge in [-0.25, -0.2) is 9.98 Å². The van der Waals surface area contributed by atoms with Crippen LogP contribution in [0.4, 0.5) is 5.82 Å². The van der Waals surface area contributed by atoms with Crippen LogP contribution < -0.4 is 20.3 Å². The number of piperidine rings is 1. The van der Waals surface area contributed by atoms with Gasteiger partial charge in [0.2, 0.25) is 0 Å². The minimum atomic E-state index is 0. The number of halogens is 1. The predicted molar refractivity (Wildman–Crippen MR) is 142 cm³/mol. The molecule has 1 saturated heterocycles. The highest BCUT2D eigenvalue weighted by Crippen LogP contribution is 2.30. The van der Waals surface area contributed by atoms with E-state index in [-0.39, 0.29) is 24.0 Å². The summed E-state index contributed by atoms with van der Waals surface area (Å²) in [5.41, 5.74) is 2.34. The van der Waals surface area contributed by atoms with Crippen molar-refractivity contribution in [2.75, 3.05) is 31.1 Å². The molecular weight excluding hydrogens is 513 g/mol. The van der Waals surface area contributed by atoms with Crippen molar-refractivity contribution in [2.45, 2.75) is 52.1 Å². The van der Waals surface area contributed by atoms with Gasteiger partial charge in [0, 0.05) is 37.4 Å². The summed E-state index contributed by atoms with van der Waals surface area (Å²) in [6, 6.07) is 12.9. The fourth-order valence-electron chi connectivity index (χ4n) is 3.84. The molecule has 0 spiro atoms. The lowest BCUT2D eigenvalue weighted by atomic mass is 10.1. The molecule has 1 aromatic carbocycles. The first-order chi connectivity index (χ1) is 15.2. The van der Waals surface area contributed by atoms with E-state index < -0.39 is 0 Å². The SMILES string of the molecule is CCNC(=NCc1ccccc1OCC1CC1)NC1CCN(c2ccc(C)cn2)CC1.I. The molecule has 0 radical (unpaired) electrons. The molecule has 6 nitrogen and oxygen atoms in total. The van der Waals surface area contributed by atoms with Gasteiger partial charge in [0.15, 0.2) is 5.96 Å². The first-order valence-electron chi connectivity index (χ1n) is 11.6. The van der Waals surface area contributed by atoms with Gasteiger partial charge < -0.3 is 20.3 Å². The van der Waals surface area contributed by atoms with Crippen LogP contribution in [-0.4, -0.2) is 43.2 Å². The number of nitrogens with zero attached hydrogens (tertiary/aromatic N) is 3. The Bertz CT molecular complexity index is 861. The van der Waals surface area contributed by atoms with Crippen LogP contribution in [-0.2, 0) is 6.54 Å². The molecular formula is C25H36IN5O. The zero-order chi connectivity index (χ0) is 21.5. The fourth-order valence-corrected chi connectivity index (χ4v) is 3.84. The highest BCUT2D eigenvalue weighted by atomic mass is 127. The van der Waals surface area contributed by atoms with Crippen LogP contribution in [0.2, 0.25) is 0 Å². The number of aliphatic imine (C=N–C) groups is 1. The molecule has 7 heteroatoms. The van der Waals surface area contributed by atoms with Gasteiger partial charge in [0.1, 0.15) is 11.6 Å². The standard InChI is InChI=1S/C25H35N5O.HI/c1-3-26-25(28-17-21-6-4-5-7-23(21)31-18-20-9-10-20)29-22-12-14-30(15-13-22)24-11-8-19(2)16-27-24;/h4-8,11,16,20,22H,3,9-10,12-15,17-18H2,1-2H3,(H2,26,28,29);1H. The molecule has 4 rings (SSSR count). The minimum absolute atomic E-state index is 0. The summed E-state index contributed by atoms with van der Waals surface area (Å²) in [5, 5.41) is 7.04. The summed E-state index contributed by atoms with van der Waals surface area (Å²) in [4.78, 5) is 11.8. The number of benzene rings is 1. The fraction of sp³-hybridized carbons (Fsp3) is 0.520. The molecule has 0 amide bonds. The third-order valence-electron chi connectivity index (χ3n) is 5.95. The van der Waals surface area contributed by atoms with Crippen LogP contribution in [0, 0.1) is 12.8 Å². The van der Waals surface area contributed by atoms with Gasteiger partial charge in [-0.15, -0.1) is 24.0 Å². The lowest BCUT2D eigenvalue weighted by molar-refractivity contribution is 0.297. The Labute approximate surface area is 209 Å². The molecule has 2 aliphatic rings. The zero-order valence-electron chi connectivity index (χ0n) is 19.2. The van der Waals surface area contributed by atoms with Crippen molar-refractivity contribution in [1.82, 2.24) is 15.6 Å². The van der Waals surface area contributed by atoms with Crippen LogP contribution in [0.3, 0.4) is 0 Å². The number of aryl methyl sites for hydroxylation is 1. The molecule has 0 unspecified atom stereocenters. The normalized spacial score (nSPS) is 16.9. The van der Waals surface area contributed by atoms with Gasteiger partial charge >= 0.3 is 0 Å². The molecule has 1 aromatic heterocycles. The van der Waals surface area contributed by atoms with E-state index in [0.29, 0.717) is 12.6 Å². The average molecular weight is 550 g/mol. The van der Waals surface area contributed by atoms with Crippen LogP contribution in [0.1, 0.15) is 43.7 Å². The summed E-state index contributed by atoms with van der Waals surface area (Å²) >= 11 is 0. The summed E-state index contributed by atoms with van der Waals surface area (Å²) < 4.78 is 6.04. The second kappa shape index (κ2) is 12.3. The molecule has 2 fully saturated rings. The van der Waals surface area contributed by atoms with E-state index in [4.69, 9.17) is 9.73 Å². The van der Waals surface area contributed by atoms with E-state index in [1.54, 1.807) is 0 Å². The van der Waals surface area contributed by atoms with Crippen molar-refractivity contribution in [1.29, 1.82) is 0 Å². The molecule has 1 saturated carbocycles. The molecule has 1 aliphatic heterocycles. The largest absolute Gasteiger partial charge is 0.493 e. The number of anilines is 1. The summed E-state index contributed by atoms with van der Waals surface area (Å²) in [7, 11) is 0. The van der Waals surface area contributed by atoms with Crippen LogP contribution in [0.5, 0.6) is 5.75 Å².